The van der Waals surface area contributed by atoms with Gasteiger partial charge >= 0.3 is 0 Å². The molecule has 0 saturated carbocycles. The van der Waals surface area contributed by atoms with Crippen molar-refractivity contribution in [2.75, 3.05) is 0 Å². The molecule has 0 bridgehead atoms. The van der Waals surface area contributed by atoms with Gasteiger partial charge in [-0.1, -0.05) is 18.5 Å². The second-order valence-electron chi connectivity index (χ2n) is 3.32. The van der Waals surface area contributed by atoms with E-state index in [0.29, 0.717) is 6.92 Å². The first kappa shape index (κ1) is 14.9. The minimum absolute atomic E-state index is 0.455. The van der Waals surface area contributed by atoms with E-state index in [1.807, 2.05) is 0 Å². The molecule has 0 aliphatic heterocycles. The summed E-state index contributed by atoms with van der Waals surface area (Å²) < 4.78 is 76.2. The van der Waals surface area contributed by atoms with Crippen molar-refractivity contribution < 1.29 is 26.3 Å². The van der Waals surface area contributed by atoms with Crippen LogP contribution in [0.25, 0.3) is 0 Å². The van der Waals surface area contributed by atoms with Crippen LogP contribution in [0.1, 0.15) is 26.7 Å². The van der Waals surface area contributed by atoms with E-state index in [-0.39, 0.29) is 0 Å². The molecule has 0 aromatic carbocycles. The third-order valence-electron chi connectivity index (χ3n) is 2.02. The summed E-state index contributed by atoms with van der Waals surface area (Å²) in [5.41, 5.74) is 0. The number of halogens is 7. The lowest BCUT2D eigenvalue weighted by atomic mass is 10.0. The number of rotatable bonds is 5. The molecule has 0 N–H and O–H groups in total. The smallest absolute Gasteiger partial charge is 0.241 e. The van der Waals surface area contributed by atoms with Gasteiger partial charge in [-0.3, -0.25) is 0 Å². The van der Waals surface area contributed by atoms with Crippen LogP contribution in [0.15, 0.2) is 0 Å². The van der Waals surface area contributed by atoms with Crippen LogP contribution < -0.4 is 0 Å². The van der Waals surface area contributed by atoms with Gasteiger partial charge in [0.1, 0.15) is 0 Å². The van der Waals surface area contributed by atoms with Crippen LogP contribution in [-0.4, -0.2) is 23.1 Å². The van der Waals surface area contributed by atoms with Gasteiger partial charge in [-0.15, -0.1) is 0 Å². The molecule has 0 heterocycles. The lowest BCUT2D eigenvalue weighted by molar-refractivity contribution is -0.156. The van der Waals surface area contributed by atoms with E-state index in [2.05, 4.69) is 0 Å². The Morgan fingerprint density at radius 2 is 1.53 bits per heavy atom. The Bertz CT molecular complexity index is 213. The first-order chi connectivity index (χ1) is 6.46. The number of hydrogen-bond donors (Lipinski definition) is 0. The van der Waals surface area contributed by atoms with Crippen LogP contribution >= 0.6 is 11.6 Å². The highest BCUT2D eigenvalue weighted by Crippen LogP contribution is 2.46. The molecule has 2 atom stereocenters. The lowest BCUT2D eigenvalue weighted by Gasteiger charge is -2.30. The largest absolute Gasteiger partial charge is 0.295 e. The van der Waals surface area contributed by atoms with Gasteiger partial charge in [-0.2, -0.15) is 0 Å². The first-order valence-corrected chi connectivity index (χ1v) is 4.61. The van der Waals surface area contributed by atoms with E-state index < -0.39 is 36.0 Å². The van der Waals surface area contributed by atoms with E-state index in [4.69, 9.17) is 11.6 Å². The average Bonchev–Trinajstić information content (AvgIpc) is 2.01. The molecular formula is C8H11ClF6. The SMILES string of the molecule is CCC(F)(F)[C@@](F)(Cl)CC(F)(F)[C@@H](C)F. The molecule has 0 aromatic rings. The summed E-state index contributed by atoms with van der Waals surface area (Å²) in [7, 11) is 0. The van der Waals surface area contributed by atoms with Crippen LogP contribution in [0.2, 0.25) is 0 Å². The molecule has 92 valence electrons. The molecule has 0 nitrogen and oxygen atoms in total. The molecule has 0 unspecified atom stereocenters. The van der Waals surface area contributed by atoms with Gasteiger partial charge in [0.15, 0.2) is 6.17 Å². The molecule has 0 amide bonds. The highest BCUT2D eigenvalue weighted by molar-refractivity contribution is 6.23. The normalized spacial score (nSPS) is 19.8. The van der Waals surface area contributed by atoms with Crippen LogP contribution in [0.5, 0.6) is 0 Å². The summed E-state index contributed by atoms with van der Waals surface area (Å²) in [6, 6.07) is 0. The second-order valence-corrected chi connectivity index (χ2v) is 3.92. The van der Waals surface area contributed by atoms with Gasteiger partial charge in [0.2, 0.25) is 0 Å². The Balaban J connectivity index is 4.79. The first-order valence-electron chi connectivity index (χ1n) is 4.24. The topological polar surface area (TPSA) is 0 Å². The Morgan fingerprint density at radius 3 is 1.80 bits per heavy atom. The van der Waals surface area contributed by atoms with Crippen LogP contribution in [0.3, 0.4) is 0 Å². The Labute approximate surface area is 88.6 Å². The van der Waals surface area contributed by atoms with E-state index in [9.17, 15) is 26.3 Å². The highest BCUT2D eigenvalue weighted by Gasteiger charge is 2.58. The van der Waals surface area contributed by atoms with Crippen molar-refractivity contribution >= 4 is 11.6 Å². The summed E-state index contributed by atoms with van der Waals surface area (Å²) in [5.74, 6) is -8.33. The van der Waals surface area contributed by atoms with Crippen molar-refractivity contribution in [2.24, 2.45) is 0 Å². The summed E-state index contributed by atoms with van der Waals surface area (Å²) in [5, 5.41) is -3.94. The summed E-state index contributed by atoms with van der Waals surface area (Å²) >= 11 is 4.69. The zero-order chi connectivity index (χ0) is 12.5. The van der Waals surface area contributed by atoms with E-state index in [1.54, 1.807) is 0 Å². The Morgan fingerprint density at radius 1 is 1.13 bits per heavy atom. The Kier molecular flexibility index (Phi) is 4.35. The summed E-state index contributed by atoms with van der Waals surface area (Å²) in [6.45, 7) is 1.35. The average molecular weight is 257 g/mol. The molecule has 0 fully saturated rings. The third kappa shape index (κ3) is 3.43. The molecular weight excluding hydrogens is 246 g/mol. The van der Waals surface area contributed by atoms with Crippen LogP contribution in [0.4, 0.5) is 26.3 Å². The number of hydrogen-bond acceptors (Lipinski definition) is 0. The maximum atomic E-state index is 13.1. The zero-order valence-electron chi connectivity index (χ0n) is 8.14. The zero-order valence-corrected chi connectivity index (χ0v) is 8.89. The molecule has 0 radical (unpaired) electrons. The van der Waals surface area contributed by atoms with Gasteiger partial charge < -0.3 is 0 Å². The van der Waals surface area contributed by atoms with E-state index >= 15 is 0 Å². The maximum Gasteiger partial charge on any atom is 0.295 e. The quantitative estimate of drug-likeness (QED) is 0.508. The fraction of sp³-hybridized carbons (Fsp3) is 1.00. The van der Waals surface area contributed by atoms with Crippen molar-refractivity contribution in [2.45, 2.75) is 49.8 Å². The molecule has 0 aliphatic rings. The summed E-state index contributed by atoms with van der Waals surface area (Å²) in [4.78, 5) is 0. The molecule has 0 rings (SSSR count). The van der Waals surface area contributed by atoms with Crippen LogP contribution in [-0.2, 0) is 0 Å². The molecule has 0 saturated heterocycles. The molecule has 0 aliphatic carbocycles. The minimum atomic E-state index is -4.21. The van der Waals surface area contributed by atoms with Gasteiger partial charge in [-0.05, 0) is 6.92 Å². The third-order valence-corrected chi connectivity index (χ3v) is 2.43. The van der Waals surface area contributed by atoms with Crippen LogP contribution in [0, 0.1) is 0 Å². The molecule has 0 spiro atoms. The highest BCUT2D eigenvalue weighted by atomic mass is 35.5. The van der Waals surface area contributed by atoms with Crippen molar-refractivity contribution in [3.05, 3.63) is 0 Å². The molecule has 7 heteroatoms. The van der Waals surface area contributed by atoms with Crippen molar-refractivity contribution in [3.8, 4) is 0 Å². The van der Waals surface area contributed by atoms with Gasteiger partial charge in [0.05, 0.1) is 6.42 Å². The molecule has 15 heavy (non-hydrogen) atoms. The number of alkyl halides is 7. The fourth-order valence-corrected chi connectivity index (χ4v) is 1.14. The predicted molar refractivity (Wildman–Crippen MR) is 45.1 cm³/mol. The minimum Gasteiger partial charge on any atom is -0.241 e. The second kappa shape index (κ2) is 4.39. The predicted octanol–water partition coefficient (Wildman–Crippen LogP) is 4.32. The van der Waals surface area contributed by atoms with E-state index in [1.165, 1.54) is 0 Å². The monoisotopic (exact) mass is 256 g/mol. The molecule has 0 aromatic heterocycles. The lowest BCUT2D eigenvalue weighted by Crippen LogP contribution is -2.45. The van der Waals surface area contributed by atoms with Crippen molar-refractivity contribution in [1.82, 2.24) is 0 Å². The van der Waals surface area contributed by atoms with Crippen molar-refractivity contribution in [3.63, 3.8) is 0 Å². The van der Waals surface area contributed by atoms with Gasteiger partial charge in [0, 0.05) is 6.42 Å². The van der Waals surface area contributed by atoms with E-state index in [0.717, 1.165) is 6.92 Å². The summed E-state index contributed by atoms with van der Waals surface area (Å²) in [6.07, 6.45) is -5.83. The maximum absolute atomic E-state index is 13.1. The Hall–Kier alpha value is -0.130. The fourth-order valence-electron chi connectivity index (χ4n) is 0.825. The standard InChI is InChI=1S/C8H11ClF6/c1-3-8(14,15)7(9,13)4-6(11,12)5(2)10/h5H,3-4H2,1-2H3/t5-,7-/m1/s1. The van der Waals surface area contributed by atoms with Gasteiger partial charge in [-0.25, -0.2) is 26.3 Å². The van der Waals surface area contributed by atoms with Crippen molar-refractivity contribution in [1.29, 1.82) is 0 Å². The van der Waals surface area contributed by atoms with Gasteiger partial charge in [0.25, 0.3) is 17.0 Å².